The third-order valence-electron chi connectivity index (χ3n) is 2.37. The Morgan fingerprint density at radius 3 is 2.19 bits per heavy atom. The molecule has 118 valence electrons. The smallest absolute Gasteiger partial charge is 0.416 e. The molecule has 1 atom stereocenters. The third-order valence-corrected chi connectivity index (χ3v) is 2.37. The molecule has 0 bridgehead atoms. The molecule has 7 heteroatoms. The van der Waals surface area contributed by atoms with Gasteiger partial charge in [-0.05, 0) is 45.0 Å². The Morgan fingerprint density at radius 2 is 1.76 bits per heavy atom. The van der Waals surface area contributed by atoms with Gasteiger partial charge in [-0.2, -0.15) is 13.2 Å². The van der Waals surface area contributed by atoms with Crippen LogP contribution in [0.15, 0.2) is 24.3 Å². The Hall–Kier alpha value is -1.76. The van der Waals surface area contributed by atoms with Crippen molar-refractivity contribution in [3.8, 4) is 5.75 Å². The quantitative estimate of drug-likeness (QED) is 0.898. The first-order valence-electron chi connectivity index (χ1n) is 6.31. The zero-order chi connectivity index (χ0) is 16.3. The highest BCUT2D eigenvalue weighted by Crippen LogP contribution is 2.20. The van der Waals surface area contributed by atoms with Crippen molar-refractivity contribution in [1.29, 1.82) is 0 Å². The molecule has 0 unspecified atom stereocenters. The number of benzene rings is 1. The fourth-order valence-corrected chi connectivity index (χ4v) is 1.44. The van der Waals surface area contributed by atoms with Crippen LogP contribution < -0.4 is 10.1 Å². The van der Waals surface area contributed by atoms with Gasteiger partial charge in [-0.15, -0.1) is 0 Å². The molecule has 0 heterocycles. The number of halogens is 3. The van der Waals surface area contributed by atoms with Crippen LogP contribution in [0.5, 0.6) is 5.75 Å². The highest BCUT2D eigenvalue weighted by Gasteiger charge is 2.38. The predicted molar refractivity (Wildman–Crippen MR) is 71.2 cm³/mol. The number of amides is 1. The molecule has 0 aliphatic carbocycles. The fourth-order valence-electron chi connectivity index (χ4n) is 1.44. The third kappa shape index (κ3) is 6.03. The number of hydrogen-bond acceptors (Lipinski definition) is 3. The minimum Gasteiger partial charge on any atom is -0.488 e. The molecular formula is C14H18F3NO3. The van der Waals surface area contributed by atoms with Gasteiger partial charge in [0.25, 0.3) is 5.91 Å². The van der Waals surface area contributed by atoms with Crippen LogP contribution in [0.1, 0.15) is 31.1 Å². The maximum absolute atomic E-state index is 12.1. The van der Waals surface area contributed by atoms with Crippen LogP contribution in [-0.2, 0) is 0 Å². The molecule has 0 saturated carbocycles. The van der Waals surface area contributed by atoms with Crippen LogP contribution >= 0.6 is 0 Å². The van der Waals surface area contributed by atoms with E-state index in [4.69, 9.17) is 9.84 Å². The van der Waals surface area contributed by atoms with E-state index in [9.17, 15) is 18.0 Å². The Bertz CT molecular complexity index is 478. The first kappa shape index (κ1) is 17.3. The molecule has 0 aliphatic rings. The van der Waals surface area contributed by atoms with Crippen molar-refractivity contribution in [2.45, 2.75) is 38.7 Å². The second-order valence-corrected chi connectivity index (χ2v) is 5.51. The Morgan fingerprint density at radius 1 is 1.24 bits per heavy atom. The standard InChI is InChI=1S/C14H18F3NO3/c1-13(2,3)21-10-6-4-9(5-7-10)12(20)18-8-11(19)14(15,16)17/h4-7,11,19H,8H2,1-3H3,(H,18,20)/t11-/m0/s1. The topological polar surface area (TPSA) is 58.6 Å². The summed E-state index contributed by atoms with van der Waals surface area (Å²) in [6, 6.07) is 5.99. The van der Waals surface area contributed by atoms with Crippen molar-refractivity contribution in [1.82, 2.24) is 5.32 Å². The molecule has 0 saturated heterocycles. The van der Waals surface area contributed by atoms with Crippen LogP contribution in [0.3, 0.4) is 0 Å². The van der Waals surface area contributed by atoms with Gasteiger partial charge in [0.05, 0.1) is 6.54 Å². The number of aliphatic hydroxyl groups excluding tert-OH is 1. The number of nitrogens with one attached hydrogen (secondary N) is 1. The molecule has 1 amide bonds. The molecule has 1 rings (SSSR count). The fraction of sp³-hybridized carbons (Fsp3) is 0.500. The van der Waals surface area contributed by atoms with Crippen LogP contribution in [-0.4, -0.2) is 35.4 Å². The second kappa shape index (κ2) is 6.34. The van der Waals surface area contributed by atoms with E-state index in [-0.39, 0.29) is 11.2 Å². The minimum absolute atomic E-state index is 0.186. The average Bonchev–Trinajstić information content (AvgIpc) is 2.33. The number of carbonyl (C=O) groups excluding carboxylic acids is 1. The van der Waals surface area contributed by atoms with E-state index in [1.54, 1.807) is 12.1 Å². The highest BCUT2D eigenvalue weighted by atomic mass is 19.4. The van der Waals surface area contributed by atoms with Gasteiger partial charge in [0.15, 0.2) is 6.10 Å². The summed E-state index contributed by atoms with van der Waals surface area (Å²) in [5.41, 5.74) is -0.203. The summed E-state index contributed by atoms with van der Waals surface area (Å²) in [5.74, 6) is -0.144. The van der Waals surface area contributed by atoms with Crippen molar-refractivity contribution in [3.63, 3.8) is 0 Å². The van der Waals surface area contributed by atoms with E-state index in [2.05, 4.69) is 0 Å². The minimum atomic E-state index is -4.75. The molecule has 0 radical (unpaired) electrons. The van der Waals surface area contributed by atoms with Crippen LogP contribution in [0.4, 0.5) is 13.2 Å². The van der Waals surface area contributed by atoms with E-state index in [0.29, 0.717) is 5.75 Å². The highest BCUT2D eigenvalue weighted by molar-refractivity contribution is 5.94. The lowest BCUT2D eigenvalue weighted by Gasteiger charge is -2.21. The van der Waals surface area contributed by atoms with Crippen LogP contribution in [0.2, 0.25) is 0 Å². The summed E-state index contributed by atoms with van der Waals surface area (Å²) in [4.78, 5) is 11.6. The molecule has 0 spiro atoms. The molecule has 0 aliphatic heterocycles. The maximum Gasteiger partial charge on any atom is 0.416 e. The number of alkyl halides is 3. The average molecular weight is 305 g/mol. The zero-order valence-corrected chi connectivity index (χ0v) is 12.0. The molecular weight excluding hydrogens is 287 g/mol. The first-order valence-corrected chi connectivity index (χ1v) is 6.31. The largest absolute Gasteiger partial charge is 0.488 e. The Labute approximate surface area is 120 Å². The molecule has 4 nitrogen and oxygen atoms in total. The normalized spacial score (nSPS) is 13.7. The lowest BCUT2D eigenvalue weighted by atomic mass is 10.1. The summed E-state index contributed by atoms with van der Waals surface area (Å²) in [6.45, 7) is 4.72. The van der Waals surface area contributed by atoms with Crippen LogP contribution in [0, 0.1) is 0 Å². The molecule has 1 aromatic carbocycles. The second-order valence-electron chi connectivity index (χ2n) is 5.51. The van der Waals surface area contributed by atoms with Crippen molar-refractivity contribution in [2.75, 3.05) is 6.54 Å². The molecule has 21 heavy (non-hydrogen) atoms. The molecule has 1 aromatic rings. The van der Waals surface area contributed by atoms with Gasteiger partial charge in [-0.3, -0.25) is 4.79 Å². The summed E-state index contributed by atoms with van der Waals surface area (Å²) in [7, 11) is 0. The summed E-state index contributed by atoms with van der Waals surface area (Å²) >= 11 is 0. The van der Waals surface area contributed by atoms with Crippen molar-refractivity contribution < 1.29 is 27.8 Å². The van der Waals surface area contributed by atoms with Gasteiger partial charge in [0.1, 0.15) is 11.4 Å². The van der Waals surface area contributed by atoms with Crippen molar-refractivity contribution >= 4 is 5.91 Å². The van der Waals surface area contributed by atoms with Crippen LogP contribution in [0.25, 0.3) is 0 Å². The van der Waals surface area contributed by atoms with Gasteiger partial charge in [0.2, 0.25) is 0 Å². The summed E-state index contributed by atoms with van der Waals surface area (Å²) < 4.78 is 41.8. The lowest BCUT2D eigenvalue weighted by Crippen LogP contribution is -2.40. The van der Waals surface area contributed by atoms with Gasteiger partial charge >= 0.3 is 6.18 Å². The number of hydrogen-bond donors (Lipinski definition) is 2. The van der Waals surface area contributed by atoms with E-state index in [1.807, 2.05) is 26.1 Å². The van der Waals surface area contributed by atoms with Crippen molar-refractivity contribution in [3.05, 3.63) is 29.8 Å². The molecule has 2 N–H and O–H groups in total. The summed E-state index contributed by atoms with van der Waals surface area (Å²) in [5, 5.41) is 10.8. The van der Waals surface area contributed by atoms with E-state index in [0.717, 1.165) is 0 Å². The Kier molecular flexibility index (Phi) is 5.22. The van der Waals surface area contributed by atoms with Gasteiger partial charge in [-0.1, -0.05) is 0 Å². The summed E-state index contributed by atoms with van der Waals surface area (Å²) in [6.07, 6.45) is -7.33. The number of aliphatic hydroxyl groups is 1. The number of rotatable bonds is 4. The van der Waals surface area contributed by atoms with E-state index in [1.165, 1.54) is 12.1 Å². The zero-order valence-electron chi connectivity index (χ0n) is 12.0. The maximum atomic E-state index is 12.1. The van der Waals surface area contributed by atoms with E-state index >= 15 is 0 Å². The molecule has 0 fully saturated rings. The van der Waals surface area contributed by atoms with Gasteiger partial charge in [0, 0.05) is 5.56 Å². The number of ether oxygens (including phenoxy) is 1. The lowest BCUT2D eigenvalue weighted by molar-refractivity contribution is -0.201. The molecule has 0 aromatic heterocycles. The Balaban J connectivity index is 2.60. The monoisotopic (exact) mass is 305 g/mol. The first-order chi connectivity index (χ1) is 9.49. The van der Waals surface area contributed by atoms with E-state index < -0.39 is 24.7 Å². The van der Waals surface area contributed by atoms with Gasteiger partial charge in [-0.25, -0.2) is 0 Å². The number of carbonyl (C=O) groups is 1. The van der Waals surface area contributed by atoms with Gasteiger partial charge < -0.3 is 15.2 Å². The SMILES string of the molecule is CC(C)(C)Oc1ccc(C(=O)NC[C@H](O)C(F)(F)F)cc1. The van der Waals surface area contributed by atoms with Crippen molar-refractivity contribution in [2.24, 2.45) is 0 Å². The predicted octanol–water partition coefficient (Wildman–Crippen LogP) is 2.52.